The predicted octanol–water partition coefficient (Wildman–Crippen LogP) is 3.22. The first-order valence-corrected chi connectivity index (χ1v) is 6.76. The highest BCUT2D eigenvalue weighted by Gasteiger charge is 2.13. The number of nitrogens with zero attached hydrogens (tertiary/aromatic N) is 3. The molecule has 0 aliphatic heterocycles. The number of rotatable bonds is 1. The number of para-hydroxylation sites is 2. The van der Waals surface area contributed by atoms with E-state index in [0.29, 0.717) is 5.56 Å². The molecule has 0 amide bonds. The van der Waals surface area contributed by atoms with Gasteiger partial charge in [0.2, 0.25) is 0 Å². The molecule has 0 aliphatic carbocycles. The maximum absolute atomic E-state index is 12.7. The lowest BCUT2D eigenvalue weighted by atomic mass is 10.1. The Bertz CT molecular complexity index is 978. The van der Waals surface area contributed by atoms with E-state index in [1.807, 2.05) is 66.3 Å². The summed E-state index contributed by atoms with van der Waals surface area (Å²) in [4.78, 5) is 17.0. The maximum atomic E-state index is 12.7. The molecule has 0 atom stereocenters. The topological polar surface area (TPSA) is 39.8 Å². The number of imidazole rings is 1. The van der Waals surface area contributed by atoms with Gasteiger partial charge in [-0.05, 0) is 36.4 Å². The van der Waals surface area contributed by atoms with Gasteiger partial charge in [-0.25, -0.2) is 4.98 Å². The minimum Gasteiger partial charge on any atom is -0.351 e. The monoisotopic (exact) mass is 275 g/mol. The molecule has 0 aliphatic rings. The van der Waals surface area contributed by atoms with Crippen molar-refractivity contribution < 1.29 is 4.79 Å². The van der Waals surface area contributed by atoms with Crippen molar-refractivity contribution in [2.75, 3.05) is 0 Å². The van der Waals surface area contributed by atoms with Crippen LogP contribution in [0, 0.1) is 0 Å². The van der Waals surface area contributed by atoms with Crippen LogP contribution in [0.5, 0.6) is 0 Å². The molecule has 2 aromatic carbocycles. The average molecular weight is 275 g/mol. The summed E-state index contributed by atoms with van der Waals surface area (Å²) in [7, 11) is 1.99. The van der Waals surface area contributed by atoms with Crippen molar-refractivity contribution in [2.45, 2.75) is 0 Å². The number of hydrogen-bond donors (Lipinski definition) is 0. The van der Waals surface area contributed by atoms with Crippen LogP contribution in [-0.2, 0) is 7.05 Å². The summed E-state index contributed by atoms with van der Waals surface area (Å²) in [6.45, 7) is 0. The molecule has 2 aromatic heterocycles. The summed E-state index contributed by atoms with van der Waals surface area (Å²) in [6, 6.07) is 15.4. The maximum Gasteiger partial charge on any atom is 0.263 e. The second kappa shape index (κ2) is 4.31. The van der Waals surface area contributed by atoms with Crippen molar-refractivity contribution >= 4 is 27.8 Å². The zero-order chi connectivity index (χ0) is 14.4. The molecule has 0 saturated carbocycles. The third-order valence-electron chi connectivity index (χ3n) is 3.80. The van der Waals surface area contributed by atoms with Crippen molar-refractivity contribution in [2.24, 2.45) is 7.05 Å². The lowest BCUT2D eigenvalue weighted by molar-refractivity contribution is 0.0964. The third-order valence-corrected chi connectivity index (χ3v) is 3.80. The van der Waals surface area contributed by atoms with Gasteiger partial charge in [-0.3, -0.25) is 9.36 Å². The zero-order valence-corrected chi connectivity index (χ0v) is 11.5. The molecular weight excluding hydrogens is 262 g/mol. The lowest BCUT2D eigenvalue weighted by Gasteiger charge is -2.04. The fraction of sp³-hybridized carbons (Fsp3) is 0.0588. The van der Waals surface area contributed by atoms with Gasteiger partial charge < -0.3 is 4.57 Å². The van der Waals surface area contributed by atoms with E-state index in [-0.39, 0.29) is 5.91 Å². The van der Waals surface area contributed by atoms with Crippen LogP contribution in [-0.4, -0.2) is 20.0 Å². The number of benzene rings is 2. The SMILES string of the molecule is Cn1ccc2cc(C(=O)n3cnc4ccccc43)ccc21. The van der Waals surface area contributed by atoms with E-state index in [9.17, 15) is 4.79 Å². The smallest absolute Gasteiger partial charge is 0.263 e. The van der Waals surface area contributed by atoms with E-state index < -0.39 is 0 Å². The van der Waals surface area contributed by atoms with Gasteiger partial charge in [0.25, 0.3) is 5.91 Å². The van der Waals surface area contributed by atoms with Crippen LogP contribution in [0.25, 0.3) is 21.9 Å². The van der Waals surface area contributed by atoms with Crippen LogP contribution in [0.4, 0.5) is 0 Å². The number of aromatic nitrogens is 3. The Morgan fingerprint density at radius 2 is 1.90 bits per heavy atom. The lowest BCUT2D eigenvalue weighted by Crippen LogP contribution is -2.10. The molecule has 4 heteroatoms. The molecular formula is C17H13N3O. The van der Waals surface area contributed by atoms with E-state index in [1.54, 1.807) is 10.9 Å². The minimum absolute atomic E-state index is 0.0607. The standard InChI is InChI=1S/C17H13N3O/c1-19-9-8-12-10-13(6-7-15(12)19)17(21)20-11-18-14-4-2-3-5-16(14)20/h2-11H,1H3. The van der Waals surface area contributed by atoms with Crippen LogP contribution >= 0.6 is 0 Å². The highest BCUT2D eigenvalue weighted by Crippen LogP contribution is 2.19. The number of carbonyl (C=O) groups excluding carboxylic acids is 1. The van der Waals surface area contributed by atoms with Gasteiger partial charge in [0.1, 0.15) is 6.33 Å². The van der Waals surface area contributed by atoms with Gasteiger partial charge in [-0.1, -0.05) is 12.1 Å². The molecule has 0 spiro atoms. The van der Waals surface area contributed by atoms with E-state index in [4.69, 9.17) is 0 Å². The van der Waals surface area contributed by atoms with Crippen molar-refractivity contribution in [1.29, 1.82) is 0 Å². The summed E-state index contributed by atoms with van der Waals surface area (Å²) >= 11 is 0. The Morgan fingerprint density at radius 1 is 1.05 bits per heavy atom. The Morgan fingerprint density at radius 3 is 2.81 bits per heavy atom. The zero-order valence-electron chi connectivity index (χ0n) is 11.5. The Kier molecular flexibility index (Phi) is 2.44. The molecule has 4 aromatic rings. The van der Waals surface area contributed by atoms with Gasteiger partial charge in [-0.15, -0.1) is 0 Å². The van der Waals surface area contributed by atoms with Crippen molar-refractivity contribution in [3.8, 4) is 0 Å². The van der Waals surface area contributed by atoms with Crippen LogP contribution in [0.3, 0.4) is 0 Å². The predicted molar refractivity (Wildman–Crippen MR) is 82.4 cm³/mol. The van der Waals surface area contributed by atoms with E-state index >= 15 is 0 Å². The van der Waals surface area contributed by atoms with Gasteiger partial charge >= 0.3 is 0 Å². The van der Waals surface area contributed by atoms with Crippen molar-refractivity contribution in [1.82, 2.24) is 14.1 Å². The van der Waals surface area contributed by atoms with Gasteiger partial charge in [0.15, 0.2) is 0 Å². The minimum atomic E-state index is -0.0607. The molecule has 0 N–H and O–H groups in total. The number of aryl methyl sites for hydroxylation is 1. The summed E-state index contributed by atoms with van der Waals surface area (Å²) in [5.41, 5.74) is 3.43. The molecule has 21 heavy (non-hydrogen) atoms. The second-order valence-corrected chi connectivity index (χ2v) is 5.11. The highest BCUT2D eigenvalue weighted by atomic mass is 16.2. The molecule has 4 nitrogen and oxygen atoms in total. The molecule has 0 saturated heterocycles. The fourth-order valence-electron chi connectivity index (χ4n) is 2.67. The van der Waals surface area contributed by atoms with Crippen molar-refractivity contribution in [3.63, 3.8) is 0 Å². The second-order valence-electron chi connectivity index (χ2n) is 5.11. The summed E-state index contributed by atoms with van der Waals surface area (Å²) in [5.74, 6) is -0.0607. The number of hydrogen-bond acceptors (Lipinski definition) is 2. The molecule has 0 unspecified atom stereocenters. The molecule has 0 fully saturated rings. The molecule has 102 valence electrons. The first kappa shape index (κ1) is 11.9. The van der Waals surface area contributed by atoms with Crippen LogP contribution in [0.1, 0.15) is 10.4 Å². The molecule has 0 radical (unpaired) electrons. The molecule has 0 bridgehead atoms. The highest BCUT2D eigenvalue weighted by molar-refractivity contribution is 6.03. The Labute approximate surface area is 121 Å². The average Bonchev–Trinajstić information content (AvgIpc) is 3.10. The van der Waals surface area contributed by atoms with E-state index in [2.05, 4.69) is 4.98 Å². The first-order chi connectivity index (χ1) is 10.2. The van der Waals surface area contributed by atoms with Crippen molar-refractivity contribution in [3.05, 3.63) is 66.6 Å². The van der Waals surface area contributed by atoms with Gasteiger partial charge in [-0.2, -0.15) is 0 Å². The van der Waals surface area contributed by atoms with Gasteiger partial charge in [0, 0.05) is 29.7 Å². The molecule has 4 rings (SSSR count). The van der Waals surface area contributed by atoms with E-state index in [1.165, 1.54) is 0 Å². The Hall–Kier alpha value is -2.88. The van der Waals surface area contributed by atoms with Crippen LogP contribution < -0.4 is 0 Å². The largest absolute Gasteiger partial charge is 0.351 e. The first-order valence-electron chi connectivity index (χ1n) is 6.76. The molecule has 2 heterocycles. The summed E-state index contributed by atoms with van der Waals surface area (Å²) < 4.78 is 3.63. The van der Waals surface area contributed by atoms with E-state index in [0.717, 1.165) is 21.9 Å². The number of carbonyl (C=O) groups is 1. The van der Waals surface area contributed by atoms with Crippen LogP contribution in [0.2, 0.25) is 0 Å². The third kappa shape index (κ3) is 1.76. The van der Waals surface area contributed by atoms with Crippen LogP contribution in [0.15, 0.2) is 61.1 Å². The fourth-order valence-corrected chi connectivity index (χ4v) is 2.67. The normalized spacial score (nSPS) is 11.3. The van der Waals surface area contributed by atoms with Gasteiger partial charge in [0.05, 0.1) is 11.0 Å². The number of fused-ring (bicyclic) bond motifs is 2. The quantitative estimate of drug-likeness (QED) is 0.535. The Balaban J connectivity index is 1.85. The summed E-state index contributed by atoms with van der Waals surface area (Å²) in [5, 5.41) is 1.06. The summed E-state index contributed by atoms with van der Waals surface area (Å²) in [6.07, 6.45) is 3.58.